The second-order valence-electron chi connectivity index (χ2n) is 9.95. The maximum atomic E-state index is 11.9. The molecule has 0 saturated carbocycles. The van der Waals surface area contributed by atoms with Crippen LogP contribution in [0, 0.1) is 6.92 Å². The Bertz CT molecular complexity index is 1610. The number of carbonyl (C=O) groups is 1. The summed E-state index contributed by atoms with van der Waals surface area (Å²) in [6, 6.07) is 30.8. The van der Waals surface area contributed by atoms with Crippen LogP contribution in [0.2, 0.25) is 0 Å². The van der Waals surface area contributed by atoms with Gasteiger partial charge in [-0.1, -0.05) is 54.6 Å². The Hall–Kier alpha value is -4.50. The number of rotatable bonds is 11. The molecule has 9 heteroatoms. The first-order chi connectivity index (χ1) is 19.7. The molecule has 1 N–H and O–H groups in total. The quantitative estimate of drug-likeness (QED) is 0.218. The molecule has 1 aliphatic heterocycles. The Balaban J connectivity index is 1.33. The number of sulfonamides is 1. The number of esters is 1. The van der Waals surface area contributed by atoms with Gasteiger partial charge in [-0.05, 0) is 60.0 Å². The zero-order valence-electron chi connectivity index (χ0n) is 22.9. The zero-order valence-corrected chi connectivity index (χ0v) is 23.8. The molecule has 1 fully saturated rings. The fourth-order valence-electron chi connectivity index (χ4n) is 4.69. The van der Waals surface area contributed by atoms with Crippen molar-refractivity contribution in [2.24, 2.45) is 0 Å². The predicted molar refractivity (Wildman–Crippen MR) is 159 cm³/mol. The normalized spacial score (nSPS) is 14.8. The van der Waals surface area contributed by atoms with Crippen molar-refractivity contribution < 1.29 is 27.4 Å². The van der Waals surface area contributed by atoms with Crippen LogP contribution < -0.4 is 19.1 Å². The number of nitrogens with zero attached hydrogens (tertiary/aromatic N) is 1. The van der Waals surface area contributed by atoms with Crippen LogP contribution in [0.25, 0.3) is 0 Å². The van der Waals surface area contributed by atoms with E-state index < -0.39 is 16.1 Å². The molecule has 1 heterocycles. The van der Waals surface area contributed by atoms with Gasteiger partial charge in [-0.25, -0.2) is 13.2 Å². The Kier molecular flexibility index (Phi) is 8.45. The molecule has 1 atom stereocenters. The van der Waals surface area contributed by atoms with Gasteiger partial charge in [-0.3, -0.25) is 4.72 Å². The van der Waals surface area contributed by atoms with Gasteiger partial charge in [0.05, 0.1) is 18.6 Å². The van der Waals surface area contributed by atoms with Crippen molar-refractivity contribution in [3.8, 4) is 17.2 Å². The van der Waals surface area contributed by atoms with Crippen LogP contribution in [0.5, 0.6) is 17.2 Å². The van der Waals surface area contributed by atoms with Crippen molar-refractivity contribution in [1.29, 1.82) is 0 Å². The standard InChI is InChI=1S/C32H32N2O6S/c1-23-29(33-41(2,36)37)12-7-13-30(23)34(21-24-8-4-3-5-9-24)22-25-14-16-26(17-15-25)39-27-10-6-11-28(20-27)40-31-18-19-38-32(31)35/h3-17,20,31,33H,18-19,21-22H2,1-2H3. The minimum absolute atomic E-state index is 0.346. The average Bonchev–Trinajstić information content (AvgIpc) is 3.34. The van der Waals surface area contributed by atoms with E-state index in [0.717, 1.165) is 28.6 Å². The molecule has 4 aromatic rings. The molecule has 4 aromatic carbocycles. The van der Waals surface area contributed by atoms with Gasteiger partial charge in [-0.2, -0.15) is 0 Å². The Morgan fingerprint density at radius 1 is 0.854 bits per heavy atom. The van der Waals surface area contributed by atoms with Gasteiger partial charge in [0.2, 0.25) is 10.0 Å². The van der Waals surface area contributed by atoms with Crippen LogP contribution in [-0.2, 0) is 32.6 Å². The van der Waals surface area contributed by atoms with Gasteiger partial charge < -0.3 is 19.1 Å². The van der Waals surface area contributed by atoms with Crippen LogP contribution in [0.1, 0.15) is 23.1 Å². The number of cyclic esters (lactones) is 1. The number of nitrogens with one attached hydrogen (secondary N) is 1. The summed E-state index contributed by atoms with van der Waals surface area (Å²) in [6.45, 7) is 3.53. The molecule has 212 valence electrons. The highest BCUT2D eigenvalue weighted by atomic mass is 32.2. The van der Waals surface area contributed by atoms with Crippen LogP contribution in [0.15, 0.2) is 97.1 Å². The van der Waals surface area contributed by atoms with E-state index in [1.807, 2.05) is 73.7 Å². The number of anilines is 2. The number of hydrogen-bond donors (Lipinski definition) is 1. The second-order valence-corrected chi connectivity index (χ2v) is 11.7. The molecular formula is C32H32N2O6S. The molecule has 0 spiro atoms. The van der Waals surface area contributed by atoms with Crippen LogP contribution in [0.3, 0.4) is 0 Å². The fraction of sp³-hybridized carbons (Fsp3) is 0.219. The average molecular weight is 573 g/mol. The number of ether oxygens (including phenoxy) is 3. The van der Waals surface area contributed by atoms with Crippen molar-refractivity contribution in [2.45, 2.75) is 32.5 Å². The third-order valence-corrected chi connectivity index (χ3v) is 7.25. The molecule has 0 bridgehead atoms. The van der Waals surface area contributed by atoms with E-state index in [4.69, 9.17) is 14.2 Å². The van der Waals surface area contributed by atoms with Gasteiger partial charge in [0, 0.05) is 31.3 Å². The minimum atomic E-state index is -3.41. The van der Waals surface area contributed by atoms with E-state index >= 15 is 0 Å². The largest absolute Gasteiger partial charge is 0.478 e. The van der Waals surface area contributed by atoms with Crippen molar-refractivity contribution >= 4 is 27.4 Å². The van der Waals surface area contributed by atoms with Crippen molar-refractivity contribution in [2.75, 3.05) is 22.5 Å². The topological polar surface area (TPSA) is 94.2 Å². The molecule has 5 rings (SSSR count). The van der Waals surface area contributed by atoms with Crippen LogP contribution in [0.4, 0.5) is 11.4 Å². The van der Waals surface area contributed by atoms with Gasteiger partial charge in [0.1, 0.15) is 17.2 Å². The summed E-state index contributed by atoms with van der Waals surface area (Å²) >= 11 is 0. The molecule has 0 amide bonds. The molecule has 0 aliphatic carbocycles. The number of benzene rings is 4. The molecule has 8 nitrogen and oxygen atoms in total. The Morgan fingerprint density at radius 3 is 2.22 bits per heavy atom. The van der Waals surface area contributed by atoms with E-state index in [1.165, 1.54) is 0 Å². The summed E-state index contributed by atoms with van der Waals surface area (Å²) in [5.74, 6) is 1.46. The molecule has 41 heavy (non-hydrogen) atoms. The molecule has 0 aromatic heterocycles. The highest BCUT2D eigenvalue weighted by Gasteiger charge is 2.28. The Morgan fingerprint density at radius 2 is 1.54 bits per heavy atom. The van der Waals surface area contributed by atoms with E-state index in [-0.39, 0.29) is 5.97 Å². The van der Waals surface area contributed by atoms with Gasteiger partial charge in [-0.15, -0.1) is 0 Å². The zero-order chi connectivity index (χ0) is 28.8. The first kappa shape index (κ1) is 28.0. The summed E-state index contributed by atoms with van der Waals surface area (Å²) in [5, 5.41) is 0. The molecule has 1 aliphatic rings. The summed E-state index contributed by atoms with van der Waals surface area (Å²) in [7, 11) is -3.41. The molecule has 1 unspecified atom stereocenters. The fourth-order valence-corrected chi connectivity index (χ4v) is 5.31. The first-order valence-electron chi connectivity index (χ1n) is 13.3. The second kappa shape index (κ2) is 12.3. The lowest BCUT2D eigenvalue weighted by atomic mass is 10.1. The van der Waals surface area contributed by atoms with E-state index in [1.54, 1.807) is 18.2 Å². The maximum absolute atomic E-state index is 11.9. The molecule has 1 saturated heterocycles. The highest BCUT2D eigenvalue weighted by molar-refractivity contribution is 7.92. The molecular weight excluding hydrogens is 540 g/mol. The lowest BCUT2D eigenvalue weighted by Gasteiger charge is -2.28. The summed E-state index contributed by atoms with van der Waals surface area (Å²) < 4.78 is 43.3. The number of carbonyl (C=O) groups excluding carboxylic acids is 1. The lowest BCUT2D eigenvalue weighted by molar-refractivity contribution is -0.143. The lowest BCUT2D eigenvalue weighted by Crippen LogP contribution is -2.23. The highest BCUT2D eigenvalue weighted by Crippen LogP contribution is 2.31. The van der Waals surface area contributed by atoms with Crippen LogP contribution >= 0.6 is 0 Å². The van der Waals surface area contributed by atoms with E-state index in [0.29, 0.717) is 49.1 Å². The van der Waals surface area contributed by atoms with Crippen molar-refractivity contribution in [1.82, 2.24) is 0 Å². The first-order valence-corrected chi connectivity index (χ1v) is 15.2. The third kappa shape index (κ3) is 7.58. The molecule has 0 radical (unpaired) electrons. The maximum Gasteiger partial charge on any atom is 0.347 e. The Labute approximate surface area is 240 Å². The van der Waals surface area contributed by atoms with Gasteiger partial charge in [0.15, 0.2) is 6.10 Å². The SMILES string of the molecule is Cc1c(NS(C)(=O)=O)cccc1N(Cc1ccccc1)Cc1ccc(Oc2cccc(OC3CCOC3=O)c2)cc1. The van der Waals surface area contributed by atoms with E-state index in [9.17, 15) is 13.2 Å². The monoisotopic (exact) mass is 572 g/mol. The summed E-state index contributed by atoms with van der Waals surface area (Å²) in [6.07, 6.45) is 1.10. The van der Waals surface area contributed by atoms with Crippen LogP contribution in [-0.4, -0.2) is 33.4 Å². The minimum Gasteiger partial charge on any atom is -0.478 e. The predicted octanol–water partition coefficient (Wildman–Crippen LogP) is 6.06. The van der Waals surface area contributed by atoms with E-state index in [2.05, 4.69) is 21.8 Å². The summed E-state index contributed by atoms with van der Waals surface area (Å²) in [4.78, 5) is 14.0. The van der Waals surface area contributed by atoms with Gasteiger partial charge >= 0.3 is 5.97 Å². The smallest absolute Gasteiger partial charge is 0.347 e. The van der Waals surface area contributed by atoms with Gasteiger partial charge in [0.25, 0.3) is 0 Å². The summed E-state index contributed by atoms with van der Waals surface area (Å²) in [5.41, 5.74) is 4.54. The van der Waals surface area contributed by atoms with Crippen molar-refractivity contribution in [3.63, 3.8) is 0 Å². The van der Waals surface area contributed by atoms with Crippen molar-refractivity contribution in [3.05, 3.63) is 114 Å². The number of hydrogen-bond acceptors (Lipinski definition) is 7. The third-order valence-electron chi connectivity index (χ3n) is 6.66.